The second-order valence-corrected chi connectivity index (χ2v) is 5.53. The number of benzene rings is 1. The molecule has 1 atom stereocenters. The van der Waals surface area contributed by atoms with E-state index in [-0.39, 0.29) is 24.0 Å². The number of rotatable bonds is 8. The Balaban J connectivity index is 0.00000484. The number of unbranched alkanes of at least 4 members (excludes halogenated alkanes) is 2. The molecule has 0 spiro atoms. The van der Waals surface area contributed by atoms with Crippen molar-refractivity contribution in [1.82, 2.24) is 10.6 Å². The van der Waals surface area contributed by atoms with Crippen LogP contribution in [0.2, 0.25) is 0 Å². The Morgan fingerprint density at radius 2 is 2.09 bits per heavy atom. The highest BCUT2D eigenvalue weighted by Crippen LogP contribution is 2.05. The average Bonchev–Trinajstić information content (AvgIpc) is 2.52. The molecule has 6 heteroatoms. The van der Waals surface area contributed by atoms with Gasteiger partial charge in [0.15, 0.2) is 5.96 Å². The Morgan fingerprint density at radius 1 is 1.35 bits per heavy atom. The van der Waals surface area contributed by atoms with Gasteiger partial charge in [0, 0.05) is 25.2 Å². The van der Waals surface area contributed by atoms with E-state index in [2.05, 4.69) is 29.5 Å². The quantitative estimate of drug-likeness (QED) is 0.256. The number of carbonyl (C=O) groups excluding carboxylic acids is 1. The van der Waals surface area contributed by atoms with Crippen LogP contribution in [-0.2, 0) is 6.54 Å². The van der Waals surface area contributed by atoms with Gasteiger partial charge >= 0.3 is 0 Å². The molecule has 0 aliphatic carbocycles. The van der Waals surface area contributed by atoms with E-state index < -0.39 is 5.91 Å². The molecule has 1 rings (SSSR count). The minimum Gasteiger partial charge on any atom is -0.366 e. The van der Waals surface area contributed by atoms with Gasteiger partial charge < -0.3 is 16.4 Å². The fourth-order valence-electron chi connectivity index (χ4n) is 2.22. The van der Waals surface area contributed by atoms with Gasteiger partial charge in [-0.05, 0) is 31.0 Å². The van der Waals surface area contributed by atoms with Crippen LogP contribution in [-0.4, -0.2) is 25.0 Å². The molecule has 0 fully saturated rings. The third-order valence-corrected chi connectivity index (χ3v) is 3.52. The summed E-state index contributed by atoms with van der Waals surface area (Å²) in [6, 6.07) is 7.69. The number of nitrogens with one attached hydrogen (secondary N) is 2. The first-order valence-electron chi connectivity index (χ1n) is 7.92. The van der Waals surface area contributed by atoms with Crippen LogP contribution in [0.1, 0.15) is 55.5 Å². The van der Waals surface area contributed by atoms with Crippen molar-refractivity contribution in [3.8, 4) is 0 Å². The lowest BCUT2D eigenvalue weighted by molar-refractivity contribution is 0.1000. The molecule has 0 aliphatic rings. The van der Waals surface area contributed by atoms with E-state index in [1.807, 2.05) is 12.1 Å². The molecule has 0 saturated carbocycles. The molecule has 4 N–H and O–H groups in total. The first kappa shape index (κ1) is 21.7. The first-order valence-corrected chi connectivity index (χ1v) is 7.92. The van der Waals surface area contributed by atoms with E-state index in [1.165, 1.54) is 19.3 Å². The second-order valence-electron chi connectivity index (χ2n) is 5.53. The van der Waals surface area contributed by atoms with Gasteiger partial charge in [-0.3, -0.25) is 9.79 Å². The Kier molecular flexibility index (Phi) is 11.5. The molecule has 1 unspecified atom stereocenters. The molecule has 5 nitrogen and oxygen atoms in total. The molecule has 0 aliphatic heterocycles. The van der Waals surface area contributed by atoms with Gasteiger partial charge in [-0.1, -0.05) is 38.3 Å². The number of carbonyl (C=O) groups is 1. The van der Waals surface area contributed by atoms with E-state index in [0.29, 0.717) is 18.2 Å². The highest BCUT2D eigenvalue weighted by Gasteiger charge is 2.06. The van der Waals surface area contributed by atoms with Gasteiger partial charge in [-0.25, -0.2) is 0 Å². The number of aliphatic imine (C=N–C) groups is 1. The molecular weight excluding hydrogens is 403 g/mol. The molecule has 0 bridgehead atoms. The lowest BCUT2D eigenvalue weighted by Gasteiger charge is -2.18. The van der Waals surface area contributed by atoms with Crippen molar-refractivity contribution in [3.05, 3.63) is 35.4 Å². The topological polar surface area (TPSA) is 79.5 Å². The van der Waals surface area contributed by atoms with Gasteiger partial charge in [-0.15, -0.1) is 24.0 Å². The largest absolute Gasteiger partial charge is 0.366 e. The fraction of sp³-hybridized carbons (Fsp3) is 0.529. The van der Waals surface area contributed by atoms with Crippen LogP contribution in [0.25, 0.3) is 0 Å². The highest BCUT2D eigenvalue weighted by molar-refractivity contribution is 14.0. The Bertz CT molecular complexity index is 505. The summed E-state index contributed by atoms with van der Waals surface area (Å²) in [4.78, 5) is 15.4. The number of halogens is 1. The van der Waals surface area contributed by atoms with Gasteiger partial charge in [0.05, 0.1) is 0 Å². The van der Waals surface area contributed by atoms with Crippen LogP contribution >= 0.6 is 24.0 Å². The fourth-order valence-corrected chi connectivity index (χ4v) is 2.22. The normalized spacial score (nSPS) is 12.2. The van der Waals surface area contributed by atoms with Crippen LogP contribution in [0, 0.1) is 0 Å². The van der Waals surface area contributed by atoms with Crippen molar-refractivity contribution >= 4 is 35.8 Å². The standard InChI is InChI=1S/C17H28N4O.HI/c1-4-5-6-8-13(2)21-17(19-3)20-12-14-9-7-10-15(11-14)16(18)22;/h7,9-11,13H,4-6,8,12H2,1-3H3,(H2,18,22)(H2,19,20,21);1H. The van der Waals surface area contributed by atoms with Gasteiger partial charge in [0.1, 0.15) is 0 Å². The summed E-state index contributed by atoms with van der Waals surface area (Å²) in [6.07, 6.45) is 4.85. The van der Waals surface area contributed by atoms with Crippen LogP contribution < -0.4 is 16.4 Å². The zero-order valence-corrected chi connectivity index (χ0v) is 16.6. The van der Waals surface area contributed by atoms with Crippen molar-refractivity contribution in [2.75, 3.05) is 7.05 Å². The summed E-state index contributed by atoms with van der Waals surface area (Å²) in [5.41, 5.74) is 6.81. The van der Waals surface area contributed by atoms with Crippen LogP contribution in [0.3, 0.4) is 0 Å². The number of nitrogens with two attached hydrogens (primary N) is 1. The van der Waals surface area contributed by atoms with Crippen LogP contribution in [0.5, 0.6) is 0 Å². The SMILES string of the molecule is CCCCCC(C)NC(=NC)NCc1cccc(C(N)=O)c1.I. The number of hydrogen-bond acceptors (Lipinski definition) is 2. The maximum absolute atomic E-state index is 11.2. The number of nitrogens with zero attached hydrogens (tertiary/aromatic N) is 1. The second kappa shape index (κ2) is 12.2. The summed E-state index contributed by atoms with van der Waals surface area (Å²) < 4.78 is 0. The molecule has 1 aromatic carbocycles. The van der Waals surface area contributed by atoms with Crippen molar-refractivity contribution < 1.29 is 4.79 Å². The molecule has 0 saturated heterocycles. The average molecular weight is 432 g/mol. The van der Waals surface area contributed by atoms with Gasteiger partial charge in [0.2, 0.25) is 5.91 Å². The highest BCUT2D eigenvalue weighted by atomic mass is 127. The van der Waals surface area contributed by atoms with E-state index in [9.17, 15) is 4.79 Å². The summed E-state index contributed by atoms with van der Waals surface area (Å²) in [5.74, 6) is 0.363. The molecular formula is C17H29IN4O. The van der Waals surface area contributed by atoms with Crippen molar-refractivity contribution in [2.45, 2.75) is 52.1 Å². The molecule has 1 amide bonds. The molecule has 0 radical (unpaired) electrons. The van der Waals surface area contributed by atoms with Crippen molar-refractivity contribution in [1.29, 1.82) is 0 Å². The number of guanidine groups is 1. The molecule has 0 aromatic heterocycles. The van der Waals surface area contributed by atoms with E-state index in [0.717, 1.165) is 17.9 Å². The number of amides is 1. The summed E-state index contributed by atoms with van der Waals surface area (Å²) >= 11 is 0. The minimum absolute atomic E-state index is 0. The maximum Gasteiger partial charge on any atom is 0.248 e. The van der Waals surface area contributed by atoms with Crippen molar-refractivity contribution in [3.63, 3.8) is 0 Å². The lowest BCUT2D eigenvalue weighted by atomic mass is 10.1. The predicted molar refractivity (Wildman–Crippen MR) is 107 cm³/mol. The van der Waals surface area contributed by atoms with Crippen LogP contribution in [0.4, 0.5) is 0 Å². The van der Waals surface area contributed by atoms with Crippen molar-refractivity contribution in [2.24, 2.45) is 10.7 Å². The smallest absolute Gasteiger partial charge is 0.248 e. The summed E-state index contributed by atoms with van der Waals surface area (Å²) in [7, 11) is 1.76. The molecule has 23 heavy (non-hydrogen) atoms. The van der Waals surface area contributed by atoms with E-state index in [4.69, 9.17) is 5.73 Å². The first-order chi connectivity index (χ1) is 10.6. The van der Waals surface area contributed by atoms with Crippen LogP contribution in [0.15, 0.2) is 29.3 Å². The van der Waals surface area contributed by atoms with Gasteiger partial charge in [-0.2, -0.15) is 0 Å². The summed E-state index contributed by atoms with van der Waals surface area (Å²) in [6.45, 7) is 4.97. The zero-order chi connectivity index (χ0) is 16.4. The Morgan fingerprint density at radius 3 is 2.70 bits per heavy atom. The maximum atomic E-state index is 11.2. The van der Waals surface area contributed by atoms with E-state index in [1.54, 1.807) is 19.2 Å². The predicted octanol–water partition coefficient (Wildman–Crippen LogP) is 3.04. The molecule has 1 aromatic rings. The third kappa shape index (κ3) is 8.78. The Hall–Kier alpha value is -1.31. The summed E-state index contributed by atoms with van der Waals surface area (Å²) in [5, 5.41) is 6.64. The Labute approximate surface area is 156 Å². The minimum atomic E-state index is -0.408. The monoisotopic (exact) mass is 432 g/mol. The van der Waals surface area contributed by atoms with E-state index >= 15 is 0 Å². The molecule has 130 valence electrons. The zero-order valence-electron chi connectivity index (χ0n) is 14.3. The molecule has 0 heterocycles. The number of hydrogen-bond donors (Lipinski definition) is 3. The lowest BCUT2D eigenvalue weighted by Crippen LogP contribution is -2.41. The van der Waals surface area contributed by atoms with Gasteiger partial charge in [0.25, 0.3) is 0 Å². The number of primary amides is 1. The third-order valence-electron chi connectivity index (χ3n) is 3.52.